The average Bonchev–Trinajstić information content (AvgIpc) is 3.21. The average molecular weight is 804 g/mol. The summed E-state index contributed by atoms with van der Waals surface area (Å²) in [5.41, 5.74) is 0. The Morgan fingerprint density at radius 3 is 1.60 bits per heavy atom. The number of hydrogen-bond acceptors (Lipinski definition) is 8. The lowest BCUT2D eigenvalue weighted by Crippen LogP contribution is -2.60. The van der Waals surface area contributed by atoms with E-state index in [1.54, 1.807) is 0 Å². The zero-order valence-electron chi connectivity index (χ0n) is 36.1. The van der Waals surface area contributed by atoms with Crippen LogP contribution < -0.4 is 5.32 Å². The fourth-order valence-corrected chi connectivity index (χ4v) is 6.95. The van der Waals surface area contributed by atoms with Crippen molar-refractivity contribution in [3.05, 3.63) is 60.8 Å². The number of aliphatic hydroxyl groups excluding tert-OH is 5. The summed E-state index contributed by atoms with van der Waals surface area (Å²) in [7, 11) is 0. The Kier molecular flexibility index (Phi) is 35.4. The van der Waals surface area contributed by atoms with Crippen LogP contribution in [0.5, 0.6) is 0 Å². The fraction of sp³-hybridized carbons (Fsp3) is 0.771. The molecule has 0 aliphatic carbocycles. The van der Waals surface area contributed by atoms with Crippen LogP contribution >= 0.6 is 0 Å². The molecule has 9 nitrogen and oxygen atoms in total. The van der Waals surface area contributed by atoms with Crippen molar-refractivity contribution in [1.29, 1.82) is 0 Å². The molecule has 6 N–H and O–H groups in total. The highest BCUT2D eigenvalue weighted by Gasteiger charge is 2.44. The van der Waals surface area contributed by atoms with Crippen LogP contribution in [-0.4, -0.2) is 87.5 Å². The van der Waals surface area contributed by atoms with Crippen LogP contribution in [0.2, 0.25) is 0 Å². The van der Waals surface area contributed by atoms with Gasteiger partial charge in [-0.15, -0.1) is 0 Å². The van der Waals surface area contributed by atoms with Crippen LogP contribution in [0.15, 0.2) is 60.8 Å². The van der Waals surface area contributed by atoms with Crippen LogP contribution in [0.4, 0.5) is 0 Å². The molecule has 0 spiro atoms. The van der Waals surface area contributed by atoms with Gasteiger partial charge in [0.25, 0.3) is 0 Å². The molecular weight excluding hydrogens is 719 g/mol. The first kappa shape index (κ1) is 52.9. The number of unbranched alkanes of at least 4 members (excludes halogenated alkanes) is 17. The molecule has 1 saturated heterocycles. The highest BCUT2D eigenvalue weighted by atomic mass is 16.7. The minimum absolute atomic E-state index is 0.154. The van der Waals surface area contributed by atoms with Crippen molar-refractivity contribution in [3.8, 4) is 0 Å². The fourth-order valence-electron chi connectivity index (χ4n) is 6.95. The normalized spacial score (nSPS) is 21.6. The topological polar surface area (TPSA) is 149 Å². The van der Waals surface area contributed by atoms with Crippen molar-refractivity contribution in [3.63, 3.8) is 0 Å². The SMILES string of the molecule is CC/C=C\C/C=C\C/C=C\C/C=C\C/C=C\CCCCCC(=O)NC(COC1OC(CO)C(O)C(O)C1O)C(O)CCCCCCCCCCCCCCCCC. The Morgan fingerprint density at radius 1 is 0.614 bits per heavy atom. The van der Waals surface area contributed by atoms with E-state index in [-0.39, 0.29) is 12.5 Å². The number of rotatable bonds is 37. The highest BCUT2D eigenvalue weighted by molar-refractivity contribution is 5.76. The number of nitrogens with one attached hydrogen (secondary N) is 1. The van der Waals surface area contributed by atoms with Gasteiger partial charge < -0.3 is 40.3 Å². The molecule has 7 atom stereocenters. The smallest absolute Gasteiger partial charge is 0.220 e. The number of aliphatic hydroxyl groups is 5. The van der Waals surface area contributed by atoms with Crippen LogP contribution in [0.1, 0.15) is 181 Å². The third kappa shape index (κ3) is 28.9. The Bertz CT molecular complexity index is 1070. The van der Waals surface area contributed by atoms with Crippen molar-refractivity contribution in [2.75, 3.05) is 13.2 Å². The van der Waals surface area contributed by atoms with E-state index in [0.717, 1.165) is 77.0 Å². The Hall–Kier alpha value is -2.11. The van der Waals surface area contributed by atoms with E-state index in [1.807, 2.05) is 0 Å². The quantitative estimate of drug-likeness (QED) is 0.0269. The monoisotopic (exact) mass is 804 g/mol. The van der Waals surface area contributed by atoms with Gasteiger partial charge in [0.1, 0.15) is 24.4 Å². The largest absolute Gasteiger partial charge is 0.394 e. The summed E-state index contributed by atoms with van der Waals surface area (Å²) >= 11 is 0. The highest BCUT2D eigenvalue weighted by Crippen LogP contribution is 2.23. The molecule has 9 heteroatoms. The second-order valence-corrected chi connectivity index (χ2v) is 15.8. The molecule has 0 saturated carbocycles. The summed E-state index contributed by atoms with van der Waals surface area (Å²) in [6.07, 6.45) is 42.2. The summed E-state index contributed by atoms with van der Waals surface area (Å²) in [4.78, 5) is 13.0. The number of amides is 1. The number of allylic oxidation sites excluding steroid dienone is 10. The van der Waals surface area contributed by atoms with Crippen molar-refractivity contribution >= 4 is 5.91 Å². The van der Waals surface area contributed by atoms with Crippen molar-refractivity contribution in [2.45, 2.75) is 224 Å². The Labute approximate surface area is 347 Å². The summed E-state index contributed by atoms with van der Waals surface area (Å²) in [5.74, 6) is -0.178. The molecule has 0 aromatic heterocycles. The lowest BCUT2D eigenvalue weighted by molar-refractivity contribution is -0.302. The van der Waals surface area contributed by atoms with Gasteiger partial charge in [-0.05, 0) is 57.8 Å². The zero-order chi connectivity index (χ0) is 41.6. The summed E-state index contributed by atoms with van der Waals surface area (Å²) in [6.45, 7) is 3.69. The second-order valence-electron chi connectivity index (χ2n) is 15.8. The van der Waals surface area contributed by atoms with Crippen LogP contribution in [-0.2, 0) is 14.3 Å². The number of carbonyl (C=O) groups excluding carboxylic acids is 1. The second kappa shape index (κ2) is 38.1. The van der Waals surface area contributed by atoms with Crippen LogP contribution in [0, 0.1) is 0 Å². The van der Waals surface area contributed by atoms with E-state index < -0.39 is 49.5 Å². The van der Waals surface area contributed by atoms with E-state index >= 15 is 0 Å². The summed E-state index contributed by atoms with van der Waals surface area (Å²) in [6, 6.07) is -0.738. The van der Waals surface area contributed by atoms with E-state index in [4.69, 9.17) is 9.47 Å². The number of ether oxygens (including phenoxy) is 2. The number of carbonyl (C=O) groups is 1. The van der Waals surface area contributed by atoms with Crippen molar-refractivity contribution in [1.82, 2.24) is 5.32 Å². The molecule has 1 rings (SSSR count). The molecule has 0 bridgehead atoms. The van der Waals surface area contributed by atoms with Gasteiger partial charge in [-0.3, -0.25) is 4.79 Å². The molecule has 0 aromatic rings. The number of hydrogen-bond donors (Lipinski definition) is 6. The zero-order valence-corrected chi connectivity index (χ0v) is 36.1. The summed E-state index contributed by atoms with van der Waals surface area (Å²) in [5, 5.41) is 54.3. The lowest BCUT2D eigenvalue weighted by Gasteiger charge is -2.40. The van der Waals surface area contributed by atoms with Gasteiger partial charge in [0, 0.05) is 6.42 Å². The van der Waals surface area contributed by atoms with Gasteiger partial charge in [-0.2, -0.15) is 0 Å². The predicted molar refractivity (Wildman–Crippen MR) is 235 cm³/mol. The minimum Gasteiger partial charge on any atom is -0.394 e. The van der Waals surface area contributed by atoms with E-state index in [1.165, 1.54) is 77.0 Å². The first-order chi connectivity index (χ1) is 27.8. The van der Waals surface area contributed by atoms with Gasteiger partial charge in [-0.1, -0.05) is 177 Å². The Morgan fingerprint density at radius 2 is 1.09 bits per heavy atom. The maximum atomic E-state index is 13.0. The van der Waals surface area contributed by atoms with Gasteiger partial charge in [0.2, 0.25) is 5.91 Å². The molecule has 1 fully saturated rings. The molecule has 1 amide bonds. The van der Waals surface area contributed by atoms with Gasteiger partial charge >= 0.3 is 0 Å². The molecular formula is C48H85NO8. The first-order valence-electron chi connectivity index (χ1n) is 23.0. The van der Waals surface area contributed by atoms with E-state index in [2.05, 4.69) is 79.9 Å². The maximum absolute atomic E-state index is 13.0. The predicted octanol–water partition coefficient (Wildman–Crippen LogP) is 9.61. The van der Waals surface area contributed by atoms with Gasteiger partial charge in [-0.25, -0.2) is 0 Å². The molecule has 330 valence electrons. The van der Waals surface area contributed by atoms with Gasteiger partial charge in [0.05, 0.1) is 25.4 Å². The van der Waals surface area contributed by atoms with Gasteiger partial charge in [0.15, 0.2) is 6.29 Å². The lowest BCUT2D eigenvalue weighted by atomic mass is 9.99. The molecule has 1 aliphatic heterocycles. The minimum atomic E-state index is -1.56. The van der Waals surface area contributed by atoms with E-state index in [0.29, 0.717) is 12.8 Å². The van der Waals surface area contributed by atoms with Crippen molar-refractivity contribution in [2.24, 2.45) is 0 Å². The van der Waals surface area contributed by atoms with Crippen LogP contribution in [0.3, 0.4) is 0 Å². The van der Waals surface area contributed by atoms with E-state index in [9.17, 15) is 30.3 Å². The van der Waals surface area contributed by atoms with Crippen molar-refractivity contribution < 1.29 is 39.8 Å². The molecule has 7 unspecified atom stereocenters. The molecule has 0 aromatic carbocycles. The summed E-state index contributed by atoms with van der Waals surface area (Å²) < 4.78 is 11.2. The third-order valence-electron chi connectivity index (χ3n) is 10.6. The molecule has 0 radical (unpaired) electrons. The molecule has 57 heavy (non-hydrogen) atoms. The molecule has 1 heterocycles. The first-order valence-corrected chi connectivity index (χ1v) is 23.0. The third-order valence-corrected chi connectivity index (χ3v) is 10.6. The Balaban J connectivity index is 2.37. The molecule has 1 aliphatic rings. The van der Waals surface area contributed by atoms with Crippen LogP contribution in [0.25, 0.3) is 0 Å². The maximum Gasteiger partial charge on any atom is 0.220 e. The standard InChI is InChI=1S/C48H85NO8/c1-3-5-7-9-11-13-15-17-19-20-21-22-24-26-28-30-32-34-36-38-44(52)49-41(40-56-48-47(55)46(54)45(53)43(39-50)57-48)42(51)37-35-33-31-29-27-25-23-18-16-14-12-10-8-6-4-2/h5,7,11,13,17,19,21-22,26,28,41-43,45-48,50-51,53-55H,3-4,6,8-10,12,14-16,18,20,23-25,27,29-40H2,1-2H3,(H,49,52)/b7-5-,13-11-,19-17-,22-21-,28-26-.